The van der Waals surface area contributed by atoms with Gasteiger partial charge in [-0.05, 0) is 26.7 Å². The standard InChI is InChI=1S/C13H21N5O2S/c1-3-17(4-2)12(19)10-6-5-7-18(9-10)13(20)15-11-8-14-21-16-11/h8,10H,3-7,9H2,1-2H3,(H,15,16,20)/t10-/m1/s1. The molecule has 2 heterocycles. The molecular formula is C13H21N5O2S. The third-order valence-corrected chi connectivity index (χ3v) is 4.21. The van der Waals surface area contributed by atoms with E-state index < -0.39 is 0 Å². The summed E-state index contributed by atoms with van der Waals surface area (Å²) in [7, 11) is 0. The van der Waals surface area contributed by atoms with Crippen LogP contribution in [0.25, 0.3) is 0 Å². The Morgan fingerprint density at radius 1 is 1.48 bits per heavy atom. The van der Waals surface area contributed by atoms with Crippen LogP contribution >= 0.6 is 11.7 Å². The van der Waals surface area contributed by atoms with Gasteiger partial charge in [0.2, 0.25) is 5.91 Å². The molecular weight excluding hydrogens is 290 g/mol. The summed E-state index contributed by atoms with van der Waals surface area (Å²) in [6.45, 7) is 6.52. The Bertz CT molecular complexity index is 475. The average Bonchev–Trinajstić information content (AvgIpc) is 3.01. The van der Waals surface area contributed by atoms with Crippen molar-refractivity contribution >= 4 is 29.5 Å². The monoisotopic (exact) mass is 311 g/mol. The minimum atomic E-state index is -0.209. The highest BCUT2D eigenvalue weighted by Gasteiger charge is 2.30. The lowest BCUT2D eigenvalue weighted by Crippen LogP contribution is -2.48. The summed E-state index contributed by atoms with van der Waals surface area (Å²) in [5, 5.41) is 2.71. The molecule has 1 aliphatic rings. The Labute approximate surface area is 128 Å². The third kappa shape index (κ3) is 3.90. The molecule has 0 bridgehead atoms. The van der Waals surface area contributed by atoms with E-state index in [1.165, 1.54) is 6.20 Å². The van der Waals surface area contributed by atoms with E-state index in [1.807, 2.05) is 18.7 Å². The predicted molar refractivity (Wildman–Crippen MR) is 81.2 cm³/mol. The van der Waals surface area contributed by atoms with Crippen LogP contribution in [0.4, 0.5) is 10.6 Å². The molecule has 2 rings (SSSR count). The van der Waals surface area contributed by atoms with Crippen molar-refractivity contribution in [1.29, 1.82) is 0 Å². The lowest BCUT2D eigenvalue weighted by Gasteiger charge is -2.34. The molecule has 0 spiro atoms. The van der Waals surface area contributed by atoms with Crippen LogP contribution in [0.1, 0.15) is 26.7 Å². The number of anilines is 1. The van der Waals surface area contributed by atoms with Crippen LogP contribution < -0.4 is 5.32 Å². The number of carbonyl (C=O) groups is 2. The van der Waals surface area contributed by atoms with Crippen molar-refractivity contribution < 1.29 is 9.59 Å². The van der Waals surface area contributed by atoms with E-state index >= 15 is 0 Å². The van der Waals surface area contributed by atoms with Crippen molar-refractivity contribution in [3.63, 3.8) is 0 Å². The Kier molecular flexibility index (Phi) is 5.49. The molecule has 0 radical (unpaired) electrons. The van der Waals surface area contributed by atoms with Crippen LogP contribution in [-0.2, 0) is 4.79 Å². The van der Waals surface area contributed by atoms with Crippen molar-refractivity contribution in [2.45, 2.75) is 26.7 Å². The van der Waals surface area contributed by atoms with E-state index in [4.69, 9.17) is 0 Å². The summed E-state index contributed by atoms with van der Waals surface area (Å²) in [4.78, 5) is 28.1. The first-order valence-corrected chi connectivity index (χ1v) is 8.01. The van der Waals surface area contributed by atoms with Gasteiger partial charge in [0.15, 0.2) is 5.82 Å². The van der Waals surface area contributed by atoms with E-state index in [1.54, 1.807) is 4.90 Å². The van der Waals surface area contributed by atoms with E-state index in [0.717, 1.165) is 24.6 Å². The molecule has 21 heavy (non-hydrogen) atoms. The van der Waals surface area contributed by atoms with Gasteiger partial charge in [-0.1, -0.05) is 0 Å². The maximum atomic E-state index is 12.4. The minimum absolute atomic E-state index is 0.0991. The molecule has 8 heteroatoms. The quantitative estimate of drug-likeness (QED) is 0.917. The number of hydrogen-bond acceptors (Lipinski definition) is 5. The van der Waals surface area contributed by atoms with Gasteiger partial charge in [0.1, 0.15) is 0 Å². The molecule has 0 unspecified atom stereocenters. The number of likely N-dealkylation sites (tertiary alicyclic amines) is 1. The topological polar surface area (TPSA) is 78.4 Å². The van der Waals surface area contributed by atoms with Gasteiger partial charge in [0.05, 0.1) is 23.8 Å². The summed E-state index contributed by atoms with van der Waals surface area (Å²) < 4.78 is 7.80. The first kappa shape index (κ1) is 15.7. The highest BCUT2D eigenvalue weighted by atomic mass is 32.1. The molecule has 116 valence electrons. The van der Waals surface area contributed by atoms with Crippen molar-refractivity contribution in [2.75, 3.05) is 31.5 Å². The summed E-state index contributed by atoms with van der Waals surface area (Å²) >= 11 is 1.05. The van der Waals surface area contributed by atoms with Crippen LogP contribution in [0.3, 0.4) is 0 Å². The SMILES string of the molecule is CCN(CC)C(=O)[C@@H]1CCCN(C(=O)Nc2cnsn2)C1. The number of hydrogen-bond donors (Lipinski definition) is 1. The molecule has 0 saturated carbocycles. The molecule has 1 aliphatic heterocycles. The van der Waals surface area contributed by atoms with Crippen molar-refractivity contribution in [1.82, 2.24) is 18.5 Å². The normalized spacial score (nSPS) is 18.4. The van der Waals surface area contributed by atoms with Gasteiger partial charge in [-0.3, -0.25) is 10.1 Å². The van der Waals surface area contributed by atoms with E-state index in [9.17, 15) is 9.59 Å². The number of piperidine rings is 1. The highest BCUT2D eigenvalue weighted by molar-refractivity contribution is 6.99. The zero-order valence-corrected chi connectivity index (χ0v) is 13.2. The van der Waals surface area contributed by atoms with Crippen molar-refractivity contribution in [2.24, 2.45) is 5.92 Å². The smallest absolute Gasteiger partial charge is 0.323 e. The van der Waals surface area contributed by atoms with Gasteiger partial charge in [-0.25, -0.2) is 4.79 Å². The maximum Gasteiger partial charge on any atom is 0.323 e. The van der Waals surface area contributed by atoms with E-state index in [-0.39, 0.29) is 17.9 Å². The Morgan fingerprint density at radius 3 is 2.86 bits per heavy atom. The number of urea groups is 1. The largest absolute Gasteiger partial charge is 0.343 e. The summed E-state index contributed by atoms with van der Waals surface area (Å²) in [6, 6.07) is -0.209. The van der Waals surface area contributed by atoms with Crippen molar-refractivity contribution in [3.05, 3.63) is 6.20 Å². The van der Waals surface area contributed by atoms with Crippen LogP contribution in [0, 0.1) is 5.92 Å². The Balaban J connectivity index is 1.93. The van der Waals surface area contributed by atoms with Crippen LogP contribution in [0.5, 0.6) is 0 Å². The van der Waals surface area contributed by atoms with Gasteiger partial charge < -0.3 is 9.80 Å². The summed E-state index contributed by atoms with van der Waals surface area (Å²) in [5.74, 6) is 0.507. The van der Waals surface area contributed by atoms with Crippen LogP contribution in [-0.4, -0.2) is 56.7 Å². The van der Waals surface area contributed by atoms with Gasteiger partial charge in [0, 0.05) is 26.2 Å². The predicted octanol–water partition coefficient (Wildman–Crippen LogP) is 1.65. The molecule has 0 aromatic carbocycles. The second-order valence-corrected chi connectivity index (χ2v) is 5.58. The van der Waals surface area contributed by atoms with Gasteiger partial charge in [-0.15, -0.1) is 0 Å². The summed E-state index contributed by atoms with van der Waals surface area (Å²) in [6.07, 6.45) is 3.21. The Morgan fingerprint density at radius 2 is 2.24 bits per heavy atom. The molecule has 0 aliphatic carbocycles. The zero-order valence-electron chi connectivity index (χ0n) is 12.4. The fourth-order valence-corrected chi connectivity index (χ4v) is 2.94. The lowest BCUT2D eigenvalue weighted by molar-refractivity contribution is -0.136. The Hall–Kier alpha value is -1.70. The number of nitrogens with zero attached hydrogens (tertiary/aromatic N) is 4. The molecule has 7 nitrogen and oxygen atoms in total. The second-order valence-electron chi connectivity index (χ2n) is 5.02. The van der Waals surface area contributed by atoms with Crippen molar-refractivity contribution in [3.8, 4) is 0 Å². The number of carbonyl (C=O) groups excluding carboxylic acids is 2. The highest BCUT2D eigenvalue weighted by Crippen LogP contribution is 2.19. The molecule has 1 aromatic rings. The minimum Gasteiger partial charge on any atom is -0.343 e. The van der Waals surface area contributed by atoms with Gasteiger partial charge in [-0.2, -0.15) is 8.75 Å². The average molecular weight is 311 g/mol. The maximum absolute atomic E-state index is 12.4. The lowest BCUT2D eigenvalue weighted by atomic mass is 9.96. The molecule has 1 atom stereocenters. The zero-order chi connectivity index (χ0) is 15.2. The molecule has 3 amide bonds. The molecule has 1 N–H and O–H groups in total. The number of rotatable bonds is 4. The van der Waals surface area contributed by atoms with E-state index in [2.05, 4.69) is 14.1 Å². The van der Waals surface area contributed by atoms with Gasteiger partial charge >= 0.3 is 6.03 Å². The van der Waals surface area contributed by atoms with E-state index in [0.29, 0.717) is 32.0 Å². The number of amides is 3. The third-order valence-electron chi connectivity index (χ3n) is 3.73. The van der Waals surface area contributed by atoms with Crippen LogP contribution in [0.15, 0.2) is 6.20 Å². The van der Waals surface area contributed by atoms with Crippen LogP contribution in [0.2, 0.25) is 0 Å². The number of aromatic nitrogens is 2. The molecule has 1 saturated heterocycles. The first-order chi connectivity index (χ1) is 10.2. The number of nitrogens with one attached hydrogen (secondary N) is 1. The molecule has 1 aromatic heterocycles. The molecule has 1 fully saturated rings. The summed E-state index contributed by atoms with van der Waals surface area (Å²) in [5.41, 5.74) is 0. The second kappa shape index (κ2) is 7.35. The van der Waals surface area contributed by atoms with Gasteiger partial charge in [0.25, 0.3) is 0 Å². The fourth-order valence-electron chi connectivity index (χ4n) is 2.56. The fraction of sp³-hybridized carbons (Fsp3) is 0.692. The first-order valence-electron chi connectivity index (χ1n) is 7.28.